The zero-order valence-electron chi connectivity index (χ0n) is 16.0. The molecule has 0 saturated heterocycles. The van der Waals surface area contributed by atoms with Gasteiger partial charge < -0.3 is 5.32 Å². The molecule has 4 aliphatic carbocycles. The first-order valence-corrected chi connectivity index (χ1v) is 10.3. The molecule has 4 aliphatic rings. The summed E-state index contributed by atoms with van der Waals surface area (Å²) in [7, 11) is 0. The van der Waals surface area contributed by atoms with Crippen molar-refractivity contribution >= 4 is 22.5 Å². The molecule has 6 nitrogen and oxygen atoms in total. The fourth-order valence-electron chi connectivity index (χ4n) is 6.73. The van der Waals surface area contributed by atoms with E-state index in [1.54, 1.807) is 0 Å². The quantitative estimate of drug-likeness (QED) is 0.763. The molecule has 1 atom stereocenters. The van der Waals surface area contributed by atoms with Crippen LogP contribution in [0.3, 0.4) is 0 Å². The molecule has 6 heteroatoms. The summed E-state index contributed by atoms with van der Waals surface area (Å²) in [5.74, 6) is 3.66. The Hall–Kier alpha value is -2.24. The minimum Gasteiger partial charge on any atom is -0.364 e. The Bertz CT molecular complexity index is 1000. The van der Waals surface area contributed by atoms with Gasteiger partial charge in [-0.1, -0.05) is 6.07 Å². The van der Waals surface area contributed by atoms with Gasteiger partial charge in [0.1, 0.15) is 0 Å². The molecule has 4 bridgehead atoms. The molecule has 1 aromatic carbocycles. The lowest BCUT2D eigenvalue weighted by Crippen LogP contribution is -2.53. The summed E-state index contributed by atoms with van der Waals surface area (Å²) in [5.41, 5.74) is 4.22. The van der Waals surface area contributed by atoms with Gasteiger partial charge in [0, 0.05) is 6.04 Å². The number of anilines is 1. The second kappa shape index (κ2) is 5.40. The van der Waals surface area contributed by atoms with Crippen LogP contribution in [0.15, 0.2) is 18.2 Å². The Morgan fingerprint density at radius 2 is 1.81 bits per heavy atom. The van der Waals surface area contributed by atoms with Gasteiger partial charge in [-0.2, -0.15) is 4.52 Å². The van der Waals surface area contributed by atoms with Crippen LogP contribution in [-0.4, -0.2) is 31.1 Å². The Morgan fingerprint density at radius 3 is 2.52 bits per heavy atom. The van der Waals surface area contributed by atoms with Crippen LogP contribution in [0.25, 0.3) is 16.7 Å². The number of rotatable bonds is 3. The maximum atomic E-state index is 4.91. The van der Waals surface area contributed by atoms with Gasteiger partial charge in [-0.3, -0.25) is 0 Å². The summed E-state index contributed by atoms with van der Waals surface area (Å²) in [6.45, 7) is 4.44. The van der Waals surface area contributed by atoms with Crippen LogP contribution in [0.1, 0.15) is 51.0 Å². The van der Waals surface area contributed by atoms with Gasteiger partial charge in [0.2, 0.25) is 5.65 Å². The van der Waals surface area contributed by atoms with Crippen molar-refractivity contribution in [3.8, 4) is 0 Å². The van der Waals surface area contributed by atoms with E-state index in [0.717, 1.165) is 40.3 Å². The molecular formula is C21H26N6. The molecular weight excluding hydrogens is 336 g/mol. The molecule has 0 spiro atoms. The molecule has 4 saturated carbocycles. The van der Waals surface area contributed by atoms with Gasteiger partial charge in [0.15, 0.2) is 5.82 Å². The zero-order chi connectivity index (χ0) is 18.2. The molecule has 0 aliphatic heterocycles. The molecule has 2 heterocycles. The fraction of sp³-hybridized carbons (Fsp3) is 0.619. The number of benzene rings is 1. The van der Waals surface area contributed by atoms with Gasteiger partial charge in [0.25, 0.3) is 0 Å². The average Bonchev–Trinajstić information content (AvgIpc) is 3.11. The second-order valence-electron chi connectivity index (χ2n) is 9.51. The fourth-order valence-corrected chi connectivity index (χ4v) is 6.73. The van der Waals surface area contributed by atoms with Crippen molar-refractivity contribution in [2.75, 3.05) is 5.32 Å². The van der Waals surface area contributed by atoms with Crippen molar-refractivity contribution in [2.24, 2.45) is 23.2 Å². The van der Waals surface area contributed by atoms with Crippen LogP contribution in [0.5, 0.6) is 0 Å². The largest absolute Gasteiger partial charge is 0.364 e. The normalized spacial score (nSPS) is 33.0. The maximum Gasteiger partial charge on any atom is 0.222 e. The van der Waals surface area contributed by atoms with Crippen LogP contribution >= 0.6 is 0 Å². The highest BCUT2D eigenvalue weighted by atomic mass is 15.5. The maximum absolute atomic E-state index is 4.91. The van der Waals surface area contributed by atoms with E-state index < -0.39 is 0 Å². The summed E-state index contributed by atoms with van der Waals surface area (Å²) < 4.78 is 1.82. The molecule has 1 N–H and O–H groups in total. The third-order valence-corrected chi connectivity index (χ3v) is 7.63. The summed E-state index contributed by atoms with van der Waals surface area (Å²) in [4.78, 5) is 4.91. The van der Waals surface area contributed by atoms with E-state index in [0.29, 0.717) is 11.5 Å². The van der Waals surface area contributed by atoms with Gasteiger partial charge in [0.05, 0.1) is 11.0 Å². The van der Waals surface area contributed by atoms with Gasteiger partial charge in [-0.05, 0) is 104 Å². The first-order chi connectivity index (χ1) is 13.1. The smallest absolute Gasteiger partial charge is 0.222 e. The summed E-state index contributed by atoms with van der Waals surface area (Å²) in [5, 5.41) is 16.2. The Morgan fingerprint density at radius 1 is 1.11 bits per heavy atom. The van der Waals surface area contributed by atoms with Crippen LogP contribution in [0.4, 0.5) is 5.82 Å². The summed E-state index contributed by atoms with van der Waals surface area (Å²) in [6.07, 6.45) is 8.54. The van der Waals surface area contributed by atoms with Crippen molar-refractivity contribution in [2.45, 2.75) is 58.4 Å². The number of fused-ring (bicyclic) bond motifs is 3. The Balaban J connectivity index is 1.40. The van der Waals surface area contributed by atoms with Crippen molar-refractivity contribution < 1.29 is 0 Å². The molecule has 2 aromatic heterocycles. The molecule has 7 rings (SSSR count). The number of nitrogens with one attached hydrogen (secondary N) is 1. The monoisotopic (exact) mass is 362 g/mol. The Labute approximate surface area is 158 Å². The van der Waals surface area contributed by atoms with Crippen LogP contribution in [0.2, 0.25) is 0 Å². The molecule has 3 aromatic rings. The molecule has 140 valence electrons. The minimum atomic E-state index is 0.391. The number of tetrazole rings is 1. The van der Waals surface area contributed by atoms with E-state index in [2.05, 4.69) is 52.9 Å². The van der Waals surface area contributed by atoms with E-state index in [-0.39, 0.29) is 0 Å². The minimum absolute atomic E-state index is 0.391. The number of nitrogens with zero attached hydrogens (tertiary/aromatic N) is 5. The third-order valence-electron chi connectivity index (χ3n) is 7.63. The average molecular weight is 362 g/mol. The first-order valence-electron chi connectivity index (χ1n) is 10.3. The molecule has 4 fully saturated rings. The topological polar surface area (TPSA) is 68.0 Å². The van der Waals surface area contributed by atoms with Crippen molar-refractivity contribution in [3.05, 3.63) is 23.8 Å². The highest BCUT2D eigenvalue weighted by molar-refractivity contribution is 5.82. The standard InChI is InChI=1S/C21H26N6/c1-12-3-4-17-18(5-12)27-20(24-25-26-27)19(23-17)22-13(2)21-9-14-6-15(10-21)8-16(7-14)11-21/h3-5,13-16H,6-11H2,1-2H3,(H,22,23)/t13-,14?,15?,16?,21?/m1/s1. The number of hydrogen-bond acceptors (Lipinski definition) is 5. The van der Waals surface area contributed by atoms with Crippen molar-refractivity contribution in [1.29, 1.82) is 0 Å². The lowest BCUT2D eigenvalue weighted by Gasteiger charge is -2.59. The third kappa shape index (κ3) is 2.31. The first kappa shape index (κ1) is 15.8. The predicted octanol–water partition coefficient (Wildman–Crippen LogP) is 4.00. The van der Waals surface area contributed by atoms with Gasteiger partial charge in [-0.15, -0.1) is 5.10 Å². The van der Waals surface area contributed by atoms with Gasteiger partial charge in [-0.25, -0.2) is 4.98 Å². The highest BCUT2D eigenvalue weighted by Crippen LogP contribution is 2.61. The SMILES string of the molecule is Cc1ccc2nc(N[C@H](C)C34CC5CC(CC(C5)C3)C4)c3nnnn3c2c1. The van der Waals surface area contributed by atoms with Crippen LogP contribution in [-0.2, 0) is 0 Å². The second-order valence-corrected chi connectivity index (χ2v) is 9.51. The van der Waals surface area contributed by atoms with Crippen LogP contribution in [0, 0.1) is 30.1 Å². The van der Waals surface area contributed by atoms with E-state index in [1.165, 1.54) is 44.1 Å². The molecule has 0 unspecified atom stereocenters. The summed E-state index contributed by atoms with van der Waals surface area (Å²) in [6, 6.07) is 6.64. The van der Waals surface area contributed by atoms with Crippen molar-refractivity contribution in [1.82, 2.24) is 25.0 Å². The molecule has 0 radical (unpaired) electrons. The predicted molar refractivity (Wildman–Crippen MR) is 105 cm³/mol. The Kier molecular flexibility index (Phi) is 3.15. The van der Waals surface area contributed by atoms with E-state index in [9.17, 15) is 0 Å². The lowest BCUT2D eigenvalue weighted by molar-refractivity contribution is -0.0602. The summed E-state index contributed by atoms with van der Waals surface area (Å²) >= 11 is 0. The number of hydrogen-bond donors (Lipinski definition) is 1. The number of aromatic nitrogens is 5. The van der Waals surface area contributed by atoms with Crippen molar-refractivity contribution in [3.63, 3.8) is 0 Å². The van der Waals surface area contributed by atoms with E-state index >= 15 is 0 Å². The molecule has 27 heavy (non-hydrogen) atoms. The lowest BCUT2D eigenvalue weighted by atomic mass is 9.48. The van der Waals surface area contributed by atoms with E-state index in [4.69, 9.17) is 4.98 Å². The van der Waals surface area contributed by atoms with Crippen LogP contribution < -0.4 is 5.32 Å². The highest BCUT2D eigenvalue weighted by Gasteiger charge is 2.53. The van der Waals surface area contributed by atoms with E-state index in [1.807, 2.05) is 4.52 Å². The van der Waals surface area contributed by atoms with Gasteiger partial charge >= 0.3 is 0 Å². The molecule has 0 amide bonds. The zero-order valence-corrected chi connectivity index (χ0v) is 16.0. The number of aryl methyl sites for hydroxylation is 1.